The van der Waals surface area contributed by atoms with Crippen LogP contribution in [0.4, 0.5) is 30.7 Å². The van der Waals surface area contributed by atoms with E-state index >= 15 is 0 Å². The highest BCUT2D eigenvalue weighted by atomic mass is 19.4. The summed E-state index contributed by atoms with van der Waals surface area (Å²) in [6.07, 6.45) is -12.4. The van der Waals surface area contributed by atoms with Crippen LogP contribution in [0.5, 0.6) is 0 Å². The van der Waals surface area contributed by atoms with Gasteiger partial charge in [0.05, 0.1) is 0 Å². The molecule has 0 aromatic rings. The lowest BCUT2D eigenvalue weighted by molar-refractivity contribution is -0.435. The van der Waals surface area contributed by atoms with Gasteiger partial charge in [0.2, 0.25) is 0 Å². The van der Waals surface area contributed by atoms with E-state index in [1.54, 1.807) is 0 Å². The van der Waals surface area contributed by atoms with Gasteiger partial charge < -0.3 is 5.11 Å². The summed E-state index contributed by atoms with van der Waals surface area (Å²) >= 11 is 0. The van der Waals surface area contributed by atoms with Crippen LogP contribution in [0.1, 0.15) is 0 Å². The number of ether oxygens (including phenoxy) is 1. The molecule has 0 heterocycles. The maximum absolute atomic E-state index is 12.3. The van der Waals surface area contributed by atoms with Crippen LogP contribution in [0.2, 0.25) is 0 Å². The normalized spacial score (nSPS) is 17.6. The van der Waals surface area contributed by atoms with E-state index in [2.05, 4.69) is 0 Å². The first-order valence-electron chi connectivity index (χ1n) is 2.66. The standard InChI is InChI=1S/C4HF7O3/c5-2(1(12)13,3(6,7)8)14-4(9,10)11/h(H,12,13). The van der Waals surface area contributed by atoms with Crippen LogP contribution in [0.15, 0.2) is 0 Å². The quantitative estimate of drug-likeness (QED) is 0.736. The molecule has 0 radical (unpaired) electrons. The Balaban J connectivity index is 5.04. The van der Waals surface area contributed by atoms with Gasteiger partial charge in [0.1, 0.15) is 0 Å². The predicted octanol–water partition coefficient (Wildman–Crippen LogP) is 1.84. The Morgan fingerprint density at radius 1 is 1.00 bits per heavy atom. The van der Waals surface area contributed by atoms with E-state index in [4.69, 9.17) is 5.11 Å². The van der Waals surface area contributed by atoms with E-state index in [0.717, 1.165) is 0 Å². The minimum Gasteiger partial charge on any atom is -0.477 e. The number of carboxylic acid groups (broad SMARTS) is 1. The molecule has 0 spiro atoms. The van der Waals surface area contributed by atoms with E-state index < -0.39 is 24.4 Å². The van der Waals surface area contributed by atoms with Crippen LogP contribution in [0.3, 0.4) is 0 Å². The van der Waals surface area contributed by atoms with Crippen molar-refractivity contribution in [3.8, 4) is 0 Å². The van der Waals surface area contributed by atoms with Crippen LogP contribution < -0.4 is 0 Å². The predicted molar refractivity (Wildman–Crippen MR) is 24.7 cm³/mol. The topological polar surface area (TPSA) is 46.5 Å². The van der Waals surface area contributed by atoms with Gasteiger partial charge in [0, 0.05) is 0 Å². The van der Waals surface area contributed by atoms with E-state index in [9.17, 15) is 35.5 Å². The molecular weight excluding hydrogens is 229 g/mol. The van der Waals surface area contributed by atoms with Gasteiger partial charge >= 0.3 is 24.4 Å². The molecule has 14 heavy (non-hydrogen) atoms. The van der Waals surface area contributed by atoms with Crippen LogP contribution in [0, 0.1) is 0 Å². The van der Waals surface area contributed by atoms with Gasteiger partial charge in [-0.3, -0.25) is 0 Å². The van der Waals surface area contributed by atoms with E-state index in [1.165, 1.54) is 0 Å². The molecule has 1 N–H and O–H groups in total. The summed E-state index contributed by atoms with van der Waals surface area (Å²) in [5.74, 6) is -9.21. The van der Waals surface area contributed by atoms with Crippen LogP contribution in [0.25, 0.3) is 0 Å². The number of carboxylic acids is 1. The van der Waals surface area contributed by atoms with Crippen molar-refractivity contribution in [2.75, 3.05) is 0 Å². The third-order valence-corrected chi connectivity index (χ3v) is 0.896. The molecule has 0 aliphatic heterocycles. The smallest absolute Gasteiger partial charge is 0.477 e. The molecule has 1 unspecified atom stereocenters. The van der Waals surface area contributed by atoms with Crippen molar-refractivity contribution in [3.05, 3.63) is 0 Å². The fraction of sp³-hybridized carbons (Fsp3) is 0.750. The first kappa shape index (κ1) is 12.9. The summed E-state index contributed by atoms with van der Waals surface area (Å²) in [5, 5.41) is 7.61. The molecule has 10 heteroatoms. The van der Waals surface area contributed by atoms with Gasteiger partial charge in [-0.25, -0.2) is 9.53 Å². The van der Waals surface area contributed by atoms with Crippen molar-refractivity contribution in [3.63, 3.8) is 0 Å². The number of hydrogen-bond acceptors (Lipinski definition) is 2. The van der Waals surface area contributed by atoms with Crippen LogP contribution >= 0.6 is 0 Å². The maximum atomic E-state index is 12.3. The van der Waals surface area contributed by atoms with Crippen molar-refractivity contribution < 1.29 is 45.4 Å². The molecule has 0 fully saturated rings. The first-order chi connectivity index (χ1) is 5.90. The molecule has 0 aromatic heterocycles. The highest BCUT2D eigenvalue weighted by molar-refractivity contribution is 5.76. The highest BCUT2D eigenvalue weighted by Gasteiger charge is 2.68. The zero-order chi connectivity index (χ0) is 11.8. The second-order valence-corrected chi connectivity index (χ2v) is 1.95. The Hall–Kier alpha value is -1.06. The Bertz CT molecular complexity index is 230. The average molecular weight is 230 g/mol. The summed E-state index contributed by atoms with van der Waals surface area (Å²) in [4.78, 5) is 9.63. The third-order valence-electron chi connectivity index (χ3n) is 0.896. The van der Waals surface area contributed by atoms with E-state index in [0.29, 0.717) is 0 Å². The zero-order valence-electron chi connectivity index (χ0n) is 5.91. The van der Waals surface area contributed by atoms with Crippen LogP contribution in [-0.2, 0) is 9.53 Å². The first-order valence-corrected chi connectivity index (χ1v) is 2.66. The van der Waals surface area contributed by atoms with Crippen molar-refractivity contribution in [2.24, 2.45) is 0 Å². The Morgan fingerprint density at radius 2 is 1.36 bits per heavy atom. The number of aliphatic carboxylic acids is 1. The summed E-state index contributed by atoms with van der Waals surface area (Å²) in [7, 11) is 0. The molecule has 0 saturated carbocycles. The number of rotatable bonds is 2. The largest absolute Gasteiger partial charge is 0.525 e. The zero-order valence-corrected chi connectivity index (χ0v) is 5.91. The van der Waals surface area contributed by atoms with Crippen molar-refractivity contribution in [1.82, 2.24) is 0 Å². The summed E-state index contributed by atoms with van der Waals surface area (Å²) in [6.45, 7) is 0. The monoisotopic (exact) mass is 230 g/mol. The minimum atomic E-state index is -6.33. The number of alkyl halides is 7. The molecule has 0 bridgehead atoms. The summed E-state index contributed by atoms with van der Waals surface area (Å²) in [5.41, 5.74) is 0. The Kier molecular flexibility index (Phi) is 3.01. The number of carbonyl (C=O) groups is 1. The summed E-state index contributed by atoms with van der Waals surface area (Å²) in [6, 6.07) is 0. The van der Waals surface area contributed by atoms with Gasteiger partial charge in [-0.05, 0) is 0 Å². The lowest BCUT2D eigenvalue weighted by Gasteiger charge is -2.24. The molecule has 0 amide bonds. The van der Waals surface area contributed by atoms with Gasteiger partial charge in [-0.15, -0.1) is 13.2 Å². The Labute approximate surface area is 71.1 Å². The fourth-order valence-corrected chi connectivity index (χ4v) is 0.382. The molecule has 0 saturated heterocycles. The molecule has 0 aromatic carbocycles. The van der Waals surface area contributed by atoms with Crippen molar-refractivity contribution in [1.29, 1.82) is 0 Å². The van der Waals surface area contributed by atoms with Crippen molar-refractivity contribution >= 4 is 5.97 Å². The van der Waals surface area contributed by atoms with Gasteiger partial charge in [0.25, 0.3) is 0 Å². The highest BCUT2D eigenvalue weighted by Crippen LogP contribution is 2.39. The molecular formula is C4HF7O3. The van der Waals surface area contributed by atoms with Gasteiger partial charge in [-0.1, -0.05) is 0 Å². The van der Waals surface area contributed by atoms with Crippen LogP contribution in [-0.4, -0.2) is 29.5 Å². The third kappa shape index (κ3) is 2.72. The number of halogens is 7. The molecule has 0 aliphatic rings. The minimum absolute atomic E-state index is 1.86. The maximum Gasteiger partial charge on any atom is 0.525 e. The lowest BCUT2D eigenvalue weighted by atomic mass is 10.3. The second-order valence-electron chi connectivity index (χ2n) is 1.95. The van der Waals surface area contributed by atoms with E-state index in [-0.39, 0.29) is 0 Å². The number of hydrogen-bond donors (Lipinski definition) is 1. The SMILES string of the molecule is O=C(O)C(F)(OC(F)(F)F)C(F)(F)F. The van der Waals surface area contributed by atoms with Gasteiger partial charge in [0.15, 0.2) is 0 Å². The molecule has 84 valence electrons. The summed E-state index contributed by atoms with van der Waals surface area (Å²) < 4.78 is 82.3. The van der Waals surface area contributed by atoms with Crippen molar-refractivity contribution in [2.45, 2.75) is 18.4 Å². The molecule has 0 rings (SSSR count). The lowest BCUT2D eigenvalue weighted by Crippen LogP contribution is -2.53. The fourth-order valence-electron chi connectivity index (χ4n) is 0.382. The molecule has 1 atom stereocenters. The average Bonchev–Trinajstić information content (AvgIpc) is 1.79. The molecule has 3 nitrogen and oxygen atoms in total. The molecule has 0 aliphatic carbocycles. The Morgan fingerprint density at radius 3 is 1.43 bits per heavy atom. The van der Waals surface area contributed by atoms with E-state index in [1.807, 2.05) is 4.74 Å². The second kappa shape index (κ2) is 3.26. The van der Waals surface area contributed by atoms with Gasteiger partial charge in [-0.2, -0.15) is 17.6 Å².